The standard InChI is InChI=1S/C17H20S2/c1-4-5-7-10-14(2)15(3)19-17(18)13-16-11-8-6-9-12-16/h4-12,15H,1,13H2,2-3H3/b7-5-,14-10+. The summed E-state index contributed by atoms with van der Waals surface area (Å²) in [5, 5.41) is 0.408. The molecule has 0 nitrogen and oxygen atoms in total. The predicted octanol–water partition coefficient (Wildman–Crippen LogP) is 5.37. The third kappa shape index (κ3) is 6.55. The van der Waals surface area contributed by atoms with Gasteiger partial charge in [-0.25, -0.2) is 0 Å². The van der Waals surface area contributed by atoms with Crippen LogP contribution in [0.25, 0.3) is 0 Å². The van der Waals surface area contributed by atoms with Crippen molar-refractivity contribution in [2.45, 2.75) is 25.5 Å². The molecule has 0 radical (unpaired) electrons. The Morgan fingerprint density at radius 2 is 2.00 bits per heavy atom. The molecule has 0 saturated heterocycles. The molecule has 0 aliphatic heterocycles. The first-order chi connectivity index (χ1) is 9.13. The zero-order chi connectivity index (χ0) is 14.1. The highest BCUT2D eigenvalue weighted by Crippen LogP contribution is 2.22. The summed E-state index contributed by atoms with van der Waals surface area (Å²) >= 11 is 7.23. The van der Waals surface area contributed by atoms with Crippen LogP contribution in [0, 0.1) is 0 Å². The zero-order valence-electron chi connectivity index (χ0n) is 11.5. The number of hydrogen-bond acceptors (Lipinski definition) is 2. The molecule has 0 saturated carbocycles. The summed E-state index contributed by atoms with van der Waals surface area (Å²) in [7, 11) is 0. The van der Waals surface area contributed by atoms with Gasteiger partial charge in [-0.05, 0) is 19.4 Å². The lowest BCUT2D eigenvalue weighted by Crippen LogP contribution is -2.04. The SMILES string of the molecule is C=C/C=C\C=C(/C)C(C)SC(=S)Cc1ccccc1. The van der Waals surface area contributed by atoms with Crippen LogP contribution in [-0.4, -0.2) is 9.45 Å². The summed E-state index contributed by atoms with van der Waals surface area (Å²) in [5.74, 6) is 0. The van der Waals surface area contributed by atoms with E-state index in [1.54, 1.807) is 17.8 Å². The Bertz CT molecular complexity index is 469. The Morgan fingerprint density at radius 1 is 1.32 bits per heavy atom. The molecule has 0 spiro atoms. The lowest BCUT2D eigenvalue weighted by molar-refractivity contribution is 1.13. The maximum absolute atomic E-state index is 5.47. The summed E-state index contributed by atoms with van der Waals surface area (Å²) < 4.78 is 1.04. The van der Waals surface area contributed by atoms with Gasteiger partial charge in [0.2, 0.25) is 0 Å². The van der Waals surface area contributed by atoms with E-state index in [2.05, 4.69) is 50.8 Å². The zero-order valence-corrected chi connectivity index (χ0v) is 13.1. The van der Waals surface area contributed by atoms with E-state index in [1.807, 2.05) is 18.2 Å². The minimum atomic E-state index is 0.408. The Morgan fingerprint density at radius 3 is 2.63 bits per heavy atom. The van der Waals surface area contributed by atoms with Gasteiger partial charge in [0, 0.05) is 11.7 Å². The average Bonchev–Trinajstić information content (AvgIpc) is 2.39. The quantitative estimate of drug-likeness (QED) is 0.510. The molecule has 0 aliphatic rings. The Hall–Kier alpha value is -1.12. The summed E-state index contributed by atoms with van der Waals surface area (Å²) in [6.45, 7) is 7.98. The second kappa shape index (κ2) is 8.89. The van der Waals surface area contributed by atoms with Crippen molar-refractivity contribution in [3.8, 4) is 0 Å². The van der Waals surface area contributed by atoms with Gasteiger partial charge in [0.1, 0.15) is 0 Å². The highest BCUT2D eigenvalue weighted by molar-refractivity contribution is 8.23. The molecule has 0 bridgehead atoms. The van der Waals surface area contributed by atoms with Gasteiger partial charge in [-0.15, -0.1) is 11.8 Å². The fourth-order valence-corrected chi connectivity index (χ4v) is 3.02. The van der Waals surface area contributed by atoms with Crippen molar-refractivity contribution in [2.24, 2.45) is 0 Å². The second-order valence-electron chi connectivity index (χ2n) is 4.33. The molecule has 0 amide bonds. The Labute approximate surface area is 126 Å². The lowest BCUT2D eigenvalue weighted by atomic mass is 10.2. The van der Waals surface area contributed by atoms with E-state index in [4.69, 9.17) is 12.2 Å². The first-order valence-electron chi connectivity index (χ1n) is 6.32. The molecule has 0 N–H and O–H groups in total. The van der Waals surface area contributed by atoms with E-state index in [1.165, 1.54) is 11.1 Å². The summed E-state index contributed by atoms with van der Waals surface area (Å²) in [6, 6.07) is 10.4. The smallest absolute Gasteiger partial charge is 0.0528 e. The van der Waals surface area contributed by atoms with Crippen molar-refractivity contribution in [1.29, 1.82) is 0 Å². The fraction of sp³-hybridized carbons (Fsp3) is 0.235. The number of thioether (sulfide) groups is 1. The average molecular weight is 288 g/mol. The predicted molar refractivity (Wildman–Crippen MR) is 92.9 cm³/mol. The van der Waals surface area contributed by atoms with Crippen LogP contribution >= 0.6 is 24.0 Å². The molecule has 0 aliphatic carbocycles. The number of hydrogen-bond donors (Lipinski definition) is 0. The molecule has 1 aromatic rings. The monoisotopic (exact) mass is 288 g/mol. The summed E-state index contributed by atoms with van der Waals surface area (Å²) in [6.07, 6.45) is 8.70. The topological polar surface area (TPSA) is 0 Å². The van der Waals surface area contributed by atoms with Crippen molar-refractivity contribution in [3.05, 3.63) is 72.4 Å². The molecule has 0 fully saturated rings. The Kier molecular flexibility index (Phi) is 7.46. The first kappa shape index (κ1) is 15.9. The Balaban J connectivity index is 2.50. The van der Waals surface area contributed by atoms with Gasteiger partial charge in [0.15, 0.2) is 0 Å². The normalized spacial score (nSPS) is 13.5. The molecule has 2 heteroatoms. The molecule has 0 aromatic heterocycles. The molecule has 19 heavy (non-hydrogen) atoms. The van der Waals surface area contributed by atoms with Crippen LogP contribution in [0.15, 0.2) is 66.8 Å². The van der Waals surface area contributed by atoms with E-state index in [0.717, 1.165) is 10.6 Å². The van der Waals surface area contributed by atoms with Crippen LogP contribution in [0.2, 0.25) is 0 Å². The van der Waals surface area contributed by atoms with Crippen molar-refractivity contribution in [3.63, 3.8) is 0 Å². The van der Waals surface area contributed by atoms with Crippen molar-refractivity contribution in [2.75, 3.05) is 0 Å². The molecular formula is C17H20S2. The van der Waals surface area contributed by atoms with Gasteiger partial charge in [0.25, 0.3) is 0 Å². The second-order valence-corrected chi connectivity index (χ2v) is 6.51. The third-order valence-corrected chi connectivity index (χ3v) is 4.31. The number of thiocarbonyl (C=S) groups is 1. The fourth-order valence-electron chi connectivity index (χ4n) is 1.52. The lowest BCUT2D eigenvalue weighted by Gasteiger charge is -2.12. The summed E-state index contributed by atoms with van der Waals surface area (Å²) in [5.41, 5.74) is 2.60. The number of rotatable bonds is 6. The highest BCUT2D eigenvalue weighted by atomic mass is 32.2. The van der Waals surface area contributed by atoms with E-state index in [-0.39, 0.29) is 0 Å². The van der Waals surface area contributed by atoms with Gasteiger partial charge in [-0.1, -0.05) is 79.0 Å². The van der Waals surface area contributed by atoms with Crippen LogP contribution in [0.3, 0.4) is 0 Å². The molecule has 1 rings (SSSR count). The van der Waals surface area contributed by atoms with Crippen LogP contribution in [-0.2, 0) is 6.42 Å². The van der Waals surface area contributed by atoms with E-state index < -0.39 is 0 Å². The summed E-state index contributed by atoms with van der Waals surface area (Å²) in [4.78, 5) is 0. The van der Waals surface area contributed by atoms with Gasteiger partial charge in [0.05, 0.1) is 4.20 Å². The minimum Gasteiger partial charge on any atom is -0.111 e. The van der Waals surface area contributed by atoms with E-state index in [9.17, 15) is 0 Å². The first-order valence-corrected chi connectivity index (χ1v) is 7.61. The molecule has 1 unspecified atom stereocenters. The number of allylic oxidation sites excluding steroid dienone is 4. The molecular weight excluding hydrogens is 268 g/mol. The van der Waals surface area contributed by atoms with Crippen molar-refractivity contribution in [1.82, 2.24) is 0 Å². The van der Waals surface area contributed by atoms with Crippen LogP contribution in [0.1, 0.15) is 19.4 Å². The maximum Gasteiger partial charge on any atom is 0.0528 e. The van der Waals surface area contributed by atoms with E-state index >= 15 is 0 Å². The third-order valence-electron chi connectivity index (χ3n) is 2.75. The molecule has 1 atom stereocenters. The molecule has 100 valence electrons. The van der Waals surface area contributed by atoms with Gasteiger partial charge in [-0.3, -0.25) is 0 Å². The number of benzene rings is 1. The van der Waals surface area contributed by atoms with Crippen LogP contribution < -0.4 is 0 Å². The molecule has 0 heterocycles. The largest absolute Gasteiger partial charge is 0.111 e. The maximum atomic E-state index is 5.47. The van der Waals surface area contributed by atoms with Crippen molar-refractivity contribution < 1.29 is 0 Å². The minimum absolute atomic E-state index is 0.408. The molecule has 1 aromatic carbocycles. The van der Waals surface area contributed by atoms with Crippen molar-refractivity contribution >= 4 is 28.2 Å². The highest BCUT2D eigenvalue weighted by Gasteiger charge is 2.08. The van der Waals surface area contributed by atoms with Gasteiger partial charge in [-0.2, -0.15) is 0 Å². The van der Waals surface area contributed by atoms with Gasteiger partial charge < -0.3 is 0 Å². The van der Waals surface area contributed by atoms with Crippen LogP contribution in [0.5, 0.6) is 0 Å². The van der Waals surface area contributed by atoms with Crippen LogP contribution in [0.4, 0.5) is 0 Å². The van der Waals surface area contributed by atoms with E-state index in [0.29, 0.717) is 5.25 Å². The van der Waals surface area contributed by atoms with Gasteiger partial charge >= 0.3 is 0 Å².